The molecule has 0 N–H and O–H groups in total. The summed E-state index contributed by atoms with van der Waals surface area (Å²) in [6, 6.07) is 9.86. The molecule has 23 heavy (non-hydrogen) atoms. The van der Waals surface area contributed by atoms with Crippen LogP contribution in [0.4, 0.5) is 11.4 Å². The minimum atomic E-state index is -0.594. The standard InChI is InChI=1S/C16H14N2O5/c1-2-23-16(20)13-5-3-4-6-14(13)17-10-11-9-12(18(21)22)7-8-15(11)19/h3-10,19H,2H2,1H3/p-1. The normalized spacial score (nSPS) is 10.7. The first-order chi connectivity index (χ1) is 11.0. The van der Waals surface area contributed by atoms with E-state index in [1.807, 2.05) is 0 Å². The van der Waals surface area contributed by atoms with Gasteiger partial charge in [0.15, 0.2) is 0 Å². The average molecular weight is 313 g/mol. The molecular formula is C16H13N2O5-. The summed E-state index contributed by atoms with van der Waals surface area (Å²) in [6.45, 7) is 1.92. The van der Waals surface area contributed by atoms with E-state index in [0.29, 0.717) is 5.69 Å². The molecule has 7 nitrogen and oxygen atoms in total. The van der Waals surface area contributed by atoms with E-state index in [2.05, 4.69) is 4.99 Å². The molecule has 0 atom stereocenters. The van der Waals surface area contributed by atoms with Crippen molar-refractivity contribution in [3.8, 4) is 5.75 Å². The van der Waals surface area contributed by atoms with Crippen LogP contribution < -0.4 is 5.11 Å². The van der Waals surface area contributed by atoms with Crippen molar-refractivity contribution in [1.29, 1.82) is 0 Å². The predicted molar refractivity (Wildman–Crippen MR) is 82.2 cm³/mol. The molecule has 2 rings (SSSR count). The van der Waals surface area contributed by atoms with Crippen LogP contribution in [0.15, 0.2) is 47.5 Å². The third-order valence-corrected chi connectivity index (χ3v) is 2.95. The van der Waals surface area contributed by atoms with Gasteiger partial charge in [0.2, 0.25) is 0 Å². The lowest BCUT2D eigenvalue weighted by molar-refractivity contribution is -0.385. The van der Waals surface area contributed by atoms with Gasteiger partial charge >= 0.3 is 5.97 Å². The highest BCUT2D eigenvalue weighted by Crippen LogP contribution is 2.23. The number of carbonyl (C=O) groups is 1. The molecule has 118 valence electrons. The zero-order chi connectivity index (χ0) is 16.8. The zero-order valence-electron chi connectivity index (χ0n) is 12.3. The Morgan fingerprint density at radius 1 is 1.30 bits per heavy atom. The number of nitro benzene ring substituents is 1. The number of esters is 1. The van der Waals surface area contributed by atoms with Crippen molar-refractivity contribution in [3.05, 3.63) is 63.7 Å². The van der Waals surface area contributed by atoms with Crippen molar-refractivity contribution in [1.82, 2.24) is 0 Å². The number of rotatable bonds is 5. The molecule has 7 heteroatoms. The molecule has 0 heterocycles. The van der Waals surface area contributed by atoms with Gasteiger partial charge in [-0.05, 0) is 24.6 Å². The summed E-state index contributed by atoms with van der Waals surface area (Å²) in [7, 11) is 0. The lowest BCUT2D eigenvalue weighted by atomic mass is 10.1. The monoisotopic (exact) mass is 313 g/mol. The van der Waals surface area contributed by atoms with E-state index in [4.69, 9.17) is 4.74 Å². The minimum absolute atomic E-state index is 0.0675. The average Bonchev–Trinajstić information content (AvgIpc) is 2.54. The summed E-state index contributed by atoms with van der Waals surface area (Å²) in [6.07, 6.45) is 1.20. The first kappa shape index (κ1) is 16.2. The number of benzene rings is 2. The number of carbonyl (C=O) groups excluding carboxylic acids is 1. The van der Waals surface area contributed by atoms with E-state index in [1.165, 1.54) is 6.21 Å². The van der Waals surface area contributed by atoms with Gasteiger partial charge in [-0.15, -0.1) is 0 Å². The lowest BCUT2D eigenvalue weighted by Crippen LogP contribution is -2.04. The van der Waals surface area contributed by atoms with Crippen molar-refractivity contribution in [2.75, 3.05) is 6.61 Å². The van der Waals surface area contributed by atoms with Gasteiger partial charge in [0.25, 0.3) is 5.69 Å². The Balaban J connectivity index is 2.36. The van der Waals surface area contributed by atoms with Crippen molar-refractivity contribution >= 4 is 23.6 Å². The fourth-order valence-corrected chi connectivity index (χ4v) is 1.86. The Kier molecular flexibility index (Phi) is 5.03. The molecule has 0 amide bonds. The molecule has 0 aliphatic carbocycles. The molecule has 2 aromatic rings. The first-order valence-electron chi connectivity index (χ1n) is 6.78. The summed E-state index contributed by atoms with van der Waals surface area (Å²) >= 11 is 0. The van der Waals surface area contributed by atoms with E-state index in [-0.39, 0.29) is 23.4 Å². The van der Waals surface area contributed by atoms with Crippen molar-refractivity contribution in [3.63, 3.8) is 0 Å². The fraction of sp³-hybridized carbons (Fsp3) is 0.125. The Morgan fingerprint density at radius 3 is 2.74 bits per heavy atom. The maximum atomic E-state index is 11.8. The molecule has 0 aromatic heterocycles. The smallest absolute Gasteiger partial charge is 0.340 e. The Labute approximate surface area is 132 Å². The summed E-state index contributed by atoms with van der Waals surface area (Å²) < 4.78 is 4.93. The van der Waals surface area contributed by atoms with Crippen LogP contribution in [0.1, 0.15) is 22.8 Å². The van der Waals surface area contributed by atoms with Crippen LogP contribution in [0.3, 0.4) is 0 Å². The third kappa shape index (κ3) is 3.91. The Morgan fingerprint density at radius 2 is 2.04 bits per heavy atom. The highest BCUT2D eigenvalue weighted by atomic mass is 16.6. The van der Waals surface area contributed by atoms with Crippen LogP contribution in [-0.4, -0.2) is 23.7 Å². The van der Waals surface area contributed by atoms with Gasteiger partial charge in [-0.3, -0.25) is 15.1 Å². The maximum absolute atomic E-state index is 11.8. The van der Waals surface area contributed by atoms with Gasteiger partial charge in [-0.2, -0.15) is 0 Å². The largest absolute Gasteiger partial charge is 0.872 e. The molecule has 2 aromatic carbocycles. The van der Waals surface area contributed by atoms with E-state index in [0.717, 1.165) is 18.2 Å². The van der Waals surface area contributed by atoms with Crippen molar-refractivity contribution in [2.24, 2.45) is 4.99 Å². The SMILES string of the molecule is CCOC(=O)c1ccccc1N=Cc1cc([N+](=O)[O-])ccc1[O-]. The van der Waals surface area contributed by atoms with Gasteiger partial charge in [0.05, 0.1) is 22.8 Å². The van der Waals surface area contributed by atoms with Gasteiger partial charge in [-0.1, -0.05) is 23.9 Å². The second kappa shape index (κ2) is 7.17. The van der Waals surface area contributed by atoms with Gasteiger partial charge < -0.3 is 9.84 Å². The highest BCUT2D eigenvalue weighted by molar-refractivity contribution is 5.96. The number of ether oxygens (including phenoxy) is 1. The number of nitro groups is 1. The number of aliphatic imine (C=N–C) groups is 1. The van der Waals surface area contributed by atoms with E-state index in [9.17, 15) is 20.0 Å². The van der Waals surface area contributed by atoms with Crippen molar-refractivity contribution in [2.45, 2.75) is 6.92 Å². The topological polar surface area (TPSA) is 105 Å². The zero-order valence-corrected chi connectivity index (χ0v) is 12.3. The highest BCUT2D eigenvalue weighted by Gasteiger charge is 2.11. The summed E-state index contributed by atoms with van der Waals surface area (Å²) in [5, 5.41) is 22.5. The molecule has 0 aliphatic rings. The predicted octanol–water partition coefficient (Wildman–Crippen LogP) is 2.60. The third-order valence-electron chi connectivity index (χ3n) is 2.95. The van der Waals surface area contributed by atoms with Crippen LogP contribution in [0.2, 0.25) is 0 Å². The number of non-ortho nitro benzene ring substituents is 1. The van der Waals surface area contributed by atoms with Gasteiger partial charge in [0, 0.05) is 18.3 Å². The van der Waals surface area contributed by atoms with Crippen LogP contribution >= 0.6 is 0 Å². The molecule has 0 aliphatic heterocycles. The molecule has 0 saturated heterocycles. The summed E-state index contributed by atoms with van der Waals surface area (Å²) in [5.74, 6) is -0.922. The molecule has 0 fully saturated rings. The maximum Gasteiger partial charge on any atom is 0.340 e. The lowest BCUT2D eigenvalue weighted by Gasteiger charge is -2.09. The molecule has 0 unspecified atom stereocenters. The van der Waals surface area contributed by atoms with E-state index in [1.54, 1.807) is 31.2 Å². The molecule has 0 radical (unpaired) electrons. The quantitative estimate of drug-likeness (QED) is 0.365. The summed E-state index contributed by atoms with van der Waals surface area (Å²) in [5.41, 5.74) is 0.433. The van der Waals surface area contributed by atoms with Crippen LogP contribution in [-0.2, 0) is 4.74 Å². The van der Waals surface area contributed by atoms with Crippen LogP contribution in [0.5, 0.6) is 5.75 Å². The van der Waals surface area contributed by atoms with E-state index >= 15 is 0 Å². The van der Waals surface area contributed by atoms with Crippen LogP contribution in [0.25, 0.3) is 0 Å². The van der Waals surface area contributed by atoms with Crippen molar-refractivity contribution < 1.29 is 19.6 Å². The Hall–Kier alpha value is -3.22. The minimum Gasteiger partial charge on any atom is -0.872 e. The Bertz CT molecular complexity index is 771. The fourth-order valence-electron chi connectivity index (χ4n) is 1.86. The van der Waals surface area contributed by atoms with Crippen LogP contribution in [0, 0.1) is 10.1 Å². The number of nitrogens with zero attached hydrogens (tertiary/aromatic N) is 2. The summed E-state index contributed by atoms with van der Waals surface area (Å²) in [4.78, 5) is 26.1. The number of para-hydroxylation sites is 1. The first-order valence-corrected chi connectivity index (χ1v) is 6.78. The second-order valence-corrected chi connectivity index (χ2v) is 4.48. The number of hydrogen-bond acceptors (Lipinski definition) is 6. The molecular weight excluding hydrogens is 300 g/mol. The molecule has 0 bridgehead atoms. The van der Waals surface area contributed by atoms with Gasteiger partial charge in [-0.25, -0.2) is 4.79 Å². The molecule has 0 saturated carbocycles. The van der Waals surface area contributed by atoms with Gasteiger partial charge in [0.1, 0.15) is 0 Å². The second-order valence-electron chi connectivity index (χ2n) is 4.48. The molecule has 0 spiro atoms. The van der Waals surface area contributed by atoms with E-state index < -0.39 is 16.6 Å². The number of hydrogen-bond donors (Lipinski definition) is 0.